The molecule has 5 heteroatoms. The fourth-order valence-electron chi connectivity index (χ4n) is 1.17. The molecule has 0 aromatic rings. The highest BCUT2D eigenvalue weighted by Crippen LogP contribution is 2.21. The second-order valence-corrected chi connectivity index (χ2v) is 2.83. The molecule has 0 bridgehead atoms. The van der Waals surface area contributed by atoms with Gasteiger partial charge in [-0.25, -0.2) is 0 Å². The van der Waals surface area contributed by atoms with Gasteiger partial charge in [-0.2, -0.15) is 0 Å². The zero-order valence-electron chi connectivity index (χ0n) is 7.71. The van der Waals surface area contributed by atoms with Crippen molar-refractivity contribution >= 4 is 0 Å². The van der Waals surface area contributed by atoms with Crippen molar-refractivity contribution in [3.63, 3.8) is 0 Å². The predicted molar refractivity (Wildman–Crippen MR) is 39.2 cm³/mol. The van der Waals surface area contributed by atoms with Crippen molar-refractivity contribution in [2.45, 2.75) is 44.0 Å². The summed E-state index contributed by atoms with van der Waals surface area (Å²) in [6.07, 6.45) is -7.68. The molecule has 0 aromatic heterocycles. The van der Waals surface area contributed by atoms with Crippen LogP contribution >= 0.6 is 0 Å². The molecule has 1 unspecified atom stereocenters. The van der Waals surface area contributed by atoms with Crippen LogP contribution in [0.4, 0.5) is 0 Å². The van der Waals surface area contributed by atoms with Gasteiger partial charge in [0.1, 0.15) is 18.3 Å². The third-order valence-electron chi connectivity index (χ3n) is 1.98. The van der Waals surface area contributed by atoms with Gasteiger partial charge in [-0.05, 0) is 6.42 Å². The lowest BCUT2D eigenvalue weighted by Crippen LogP contribution is -2.57. The number of aliphatic hydroxyl groups excluding tert-OH is 3. The molecule has 1 aliphatic rings. The van der Waals surface area contributed by atoms with Gasteiger partial charge in [0.15, 0.2) is 6.27 Å². The number of rotatable bonds is 1. The van der Waals surface area contributed by atoms with E-state index in [1.165, 1.54) is 0 Å². The Hall–Kier alpha value is -0.200. The highest BCUT2D eigenvalue weighted by Gasteiger charge is 2.41. The molecular weight excluding hydrogens is 164 g/mol. The second-order valence-electron chi connectivity index (χ2n) is 2.83. The van der Waals surface area contributed by atoms with Crippen molar-refractivity contribution in [1.82, 2.24) is 0 Å². The van der Waals surface area contributed by atoms with Gasteiger partial charge in [0.25, 0.3) is 0 Å². The first-order chi connectivity index (χ1) is 5.90. The van der Waals surface area contributed by atoms with Gasteiger partial charge in [0, 0.05) is 0 Å². The van der Waals surface area contributed by atoms with Crippen LogP contribution in [0.3, 0.4) is 0 Å². The molecule has 1 saturated heterocycles. The molecule has 1 fully saturated rings. The molecule has 0 aromatic carbocycles. The summed E-state index contributed by atoms with van der Waals surface area (Å²) in [4.78, 5) is 0. The standard InChI is InChI=1S/C7H14O5/c1-2-3-4(8)5(9)6(10)7(11)12-3/h3-11H,2H2,1H3/t3-,4-,5+,6-,7?/m1/s1/i7D. The Morgan fingerprint density at radius 2 is 1.75 bits per heavy atom. The zero-order chi connectivity index (χ0) is 10.2. The molecule has 0 saturated carbocycles. The van der Waals surface area contributed by atoms with Crippen molar-refractivity contribution in [2.75, 3.05) is 0 Å². The molecule has 0 radical (unpaired) electrons. The maximum atomic E-state index is 9.31. The average molecular weight is 179 g/mol. The minimum atomic E-state index is -2.54. The summed E-state index contributed by atoms with van der Waals surface area (Å²) >= 11 is 0. The van der Waals surface area contributed by atoms with Gasteiger partial charge >= 0.3 is 0 Å². The van der Waals surface area contributed by atoms with Crippen LogP contribution in [0.15, 0.2) is 0 Å². The van der Waals surface area contributed by atoms with Crippen LogP contribution in [0.2, 0.25) is 0 Å². The normalized spacial score (nSPS) is 56.6. The van der Waals surface area contributed by atoms with Crippen molar-refractivity contribution in [3.05, 3.63) is 0 Å². The summed E-state index contributed by atoms with van der Waals surface area (Å²) in [6, 6.07) is 0. The van der Waals surface area contributed by atoms with E-state index in [1.807, 2.05) is 0 Å². The molecular formula is C7H14O5. The highest BCUT2D eigenvalue weighted by molar-refractivity contribution is 4.87. The summed E-state index contributed by atoms with van der Waals surface area (Å²) in [5.74, 6) is 0. The van der Waals surface area contributed by atoms with E-state index >= 15 is 0 Å². The van der Waals surface area contributed by atoms with Crippen molar-refractivity contribution in [1.29, 1.82) is 0 Å². The van der Waals surface area contributed by atoms with Gasteiger partial charge in [0.2, 0.25) is 0 Å². The van der Waals surface area contributed by atoms with E-state index in [-0.39, 0.29) is 0 Å². The van der Waals surface area contributed by atoms with Gasteiger partial charge in [-0.15, -0.1) is 0 Å². The highest BCUT2D eigenvalue weighted by atomic mass is 16.6. The third kappa shape index (κ3) is 1.60. The largest absolute Gasteiger partial charge is 0.388 e. The van der Waals surface area contributed by atoms with Gasteiger partial charge < -0.3 is 25.2 Å². The van der Waals surface area contributed by atoms with Crippen molar-refractivity contribution in [2.24, 2.45) is 0 Å². The van der Waals surface area contributed by atoms with Crippen LogP contribution < -0.4 is 0 Å². The first-order valence-electron chi connectivity index (χ1n) is 4.34. The van der Waals surface area contributed by atoms with E-state index in [0.29, 0.717) is 6.42 Å². The lowest BCUT2D eigenvalue weighted by atomic mass is 9.97. The fourth-order valence-corrected chi connectivity index (χ4v) is 1.17. The molecule has 0 spiro atoms. The summed E-state index contributed by atoms with van der Waals surface area (Å²) in [7, 11) is 0. The van der Waals surface area contributed by atoms with Crippen molar-refractivity contribution < 1.29 is 26.5 Å². The summed E-state index contributed by atoms with van der Waals surface area (Å²) in [5.41, 5.74) is 0. The quantitative estimate of drug-likeness (QED) is 0.381. The van der Waals surface area contributed by atoms with Gasteiger partial charge in [-0.1, -0.05) is 6.92 Å². The Morgan fingerprint density at radius 1 is 1.17 bits per heavy atom. The number of hydrogen-bond acceptors (Lipinski definition) is 5. The first-order valence-corrected chi connectivity index (χ1v) is 3.84. The minimum Gasteiger partial charge on any atom is -0.388 e. The molecule has 12 heavy (non-hydrogen) atoms. The molecule has 1 aliphatic heterocycles. The Morgan fingerprint density at radius 3 is 2.25 bits per heavy atom. The SMILES string of the molecule is [2H]C1(O)O[C@H](CC)[C@@H](O)[C@H](O)[C@H]1O. The van der Waals surface area contributed by atoms with E-state index in [2.05, 4.69) is 4.74 Å². The van der Waals surface area contributed by atoms with Crippen molar-refractivity contribution in [3.8, 4) is 0 Å². The number of ether oxygens (including phenoxy) is 1. The molecule has 72 valence electrons. The fraction of sp³-hybridized carbons (Fsp3) is 1.00. The maximum Gasteiger partial charge on any atom is 0.183 e. The van der Waals surface area contributed by atoms with E-state index in [4.69, 9.17) is 11.6 Å². The first kappa shape index (κ1) is 8.40. The summed E-state index contributed by atoms with van der Waals surface area (Å²) in [5, 5.41) is 36.8. The van der Waals surface area contributed by atoms with Crippen LogP contribution in [-0.2, 0) is 4.74 Å². The Bertz CT molecular complexity index is 184. The average Bonchev–Trinajstić information content (AvgIpc) is 2.08. The second kappa shape index (κ2) is 3.68. The molecule has 5 atom stereocenters. The number of aliphatic hydroxyl groups is 4. The Kier molecular flexibility index (Phi) is 2.57. The van der Waals surface area contributed by atoms with Crippen LogP contribution in [0.25, 0.3) is 0 Å². The predicted octanol–water partition coefficient (Wildman–Crippen LogP) is -1.80. The van der Waals surface area contributed by atoms with Gasteiger partial charge in [0.05, 0.1) is 7.47 Å². The minimum absolute atomic E-state index is 0.339. The molecule has 1 heterocycles. The summed E-state index contributed by atoms with van der Waals surface area (Å²) < 4.78 is 11.8. The molecule has 1 rings (SSSR count). The smallest absolute Gasteiger partial charge is 0.183 e. The zero-order valence-corrected chi connectivity index (χ0v) is 6.71. The molecule has 5 nitrogen and oxygen atoms in total. The third-order valence-corrected chi connectivity index (χ3v) is 1.98. The molecule has 4 N–H and O–H groups in total. The number of hydrogen-bond donors (Lipinski definition) is 4. The molecule has 0 amide bonds. The van der Waals surface area contributed by atoms with E-state index in [9.17, 15) is 10.2 Å². The topological polar surface area (TPSA) is 90.2 Å². The van der Waals surface area contributed by atoms with Crippen LogP contribution in [0.1, 0.15) is 14.7 Å². The van der Waals surface area contributed by atoms with Gasteiger partial charge in [-0.3, -0.25) is 0 Å². The lowest BCUT2D eigenvalue weighted by molar-refractivity contribution is -0.281. The van der Waals surface area contributed by atoms with E-state index < -0.39 is 30.7 Å². The van der Waals surface area contributed by atoms with Crippen LogP contribution in [-0.4, -0.2) is 51.1 Å². The van der Waals surface area contributed by atoms with Crippen LogP contribution in [0.5, 0.6) is 0 Å². The monoisotopic (exact) mass is 179 g/mol. The van der Waals surface area contributed by atoms with E-state index in [0.717, 1.165) is 0 Å². The Labute approximate surface area is 71.6 Å². The van der Waals surface area contributed by atoms with E-state index in [1.54, 1.807) is 6.92 Å². The summed E-state index contributed by atoms with van der Waals surface area (Å²) in [6.45, 7) is 1.67. The van der Waals surface area contributed by atoms with Crippen LogP contribution in [0, 0.1) is 0 Å². The molecule has 0 aliphatic carbocycles. The lowest BCUT2D eigenvalue weighted by Gasteiger charge is -2.37. The maximum absolute atomic E-state index is 9.31. The Balaban J connectivity index is 2.79.